The third kappa shape index (κ3) is 5.25. The van der Waals surface area contributed by atoms with Gasteiger partial charge in [0.2, 0.25) is 11.9 Å². The maximum absolute atomic E-state index is 13.1. The number of fused-ring (bicyclic) bond motifs is 1. The predicted molar refractivity (Wildman–Crippen MR) is 129 cm³/mol. The lowest BCUT2D eigenvalue weighted by atomic mass is 9.95. The number of aryl methyl sites for hydroxylation is 1. The molecule has 3 heterocycles. The Hall–Kier alpha value is -3.18. The summed E-state index contributed by atoms with van der Waals surface area (Å²) < 4.78 is 14.8. The van der Waals surface area contributed by atoms with Crippen LogP contribution in [0.1, 0.15) is 30.7 Å². The van der Waals surface area contributed by atoms with Gasteiger partial charge in [-0.25, -0.2) is 9.37 Å². The summed E-state index contributed by atoms with van der Waals surface area (Å²) in [7, 11) is 1.73. The maximum atomic E-state index is 13.1. The number of aliphatic hydroxyl groups is 1. The monoisotopic (exact) mass is 473 g/mol. The Bertz CT molecular complexity index is 1140. The van der Waals surface area contributed by atoms with E-state index in [4.69, 9.17) is 0 Å². The van der Waals surface area contributed by atoms with Crippen molar-refractivity contribution >= 4 is 36.9 Å². The lowest BCUT2D eigenvalue weighted by Crippen LogP contribution is -2.57. The van der Waals surface area contributed by atoms with E-state index in [1.807, 2.05) is 6.20 Å². The summed E-state index contributed by atoms with van der Waals surface area (Å²) in [5.74, 6) is 0.385. The first kappa shape index (κ1) is 24.5. The van der Waals surface area contributed by atoms with Crippen molar-refractivity contribution in [2.24, 2.45) is 0 Å². The van der Waals surface area contributed by atoms with Crippen LogP contribution >= 0.6 is 13.5 Å². The largest absolute Gasteiger partial charge is 0.388 e. The summed E-state index contributed by atoms with van der Waals surface area (Å²) in [5.41, 5.74) is 1.80. The number of carbonyl (C=O) groups excluding carboxylic acids is 1. The average Bonchev–Trinajstić information content (AvgIpc) is 3.15. The van der Waals surface area contributed by atoms with Crippen molar-refractivity contribution in [3.05, 3.63) is 59.3 Å². The molecule has 3 aromatic rings. The van der Waals surface area contributed by atoms with Gasteiger partial charge in [0.1, 0.15) is 17.5 Å². The Morgan fingerprint density at radius 2 is 1.91 bits per heavy atom. The first-order chi connectivity index (χ1) is 15.1. The molecular weight excluding hydrogens is 445 g/mol. The number of benzene rings is 1. The van der Waals surface area contributed by atoms with Crippen LogP contribution in [0, 0.1) is 12.7 Å². The van der Waals surface area contributed by atoms with Crippen molar-refractivity contribution in [1.29, 1.82) is 0 Å². The second-order valence-corrected chi connectivity index (χ2v) is 8.51. The van der Waals surface area contributed by atoms with Crippen molar-refractivity contribution in [1.82, 2.24) is 19.7 Å². The van der Waals surface area contributed by atoms with E-state index < -0.39 is 11.6 Å². The Morgan fingerprint density at radius 1 is 1.21 bits per heavy atom. The van der Waals surface area contributed by atoms with Crippen molar-refractivity contribution in [3.63, 3.8) is 0 Å². The predicted octanol–water partition coefficient (Wildman–Crippen LogP) is 2.42. The number of aromatic nitrogens is 4. The van der Waals surface area contributed by atoms with E-state index in [2.05, 4.69) is 25.7 Å². The molecule has 1 atom stereocenters. The molecule has 0 radical (unpaired) electrons. The van der Waals surface area contributed by atoms with Gasteiger partial charge in [0, 0.05) is 25.4 Å². The first-order valence-corrected chi connectivity index (χ1v) is 10.3. The molecule has 9 nitrogen and oxygen atoms in total. The molecule has 2 aromatic heterocycles. The molecule has 1 aliphatic heterocycles. The summed E-state index contributed by atoms with van der Waals surface area (Å²) in [4.78, 5) is 23.2. The molecule has 0 bridgehead atoms. The molecule has 0 saturated carbocycles. The molecular formula is C22H28FN7O2S. The zero-order chi connectivity index (χ0) is 23.0. The minimum Gasteiger partial charge on any atom is -0.388 e. The van der Waals surface area contributed by atoms with E-state index in [0.717, 1.165) is 11.1 Å². The number of anilines is 3. The summed E-state index contributed by atoms with van der Waals surface area (Å²) in [6, 6.07) is 5.55. The molecule has 1 amide bonds. The molecule has 0 aliphatic carbocycles. The summed E-state index contributed by atoms with van der Waals surface area (Å²) in [6.07, 6.45) is 3.65. The fourth-order valence-corrected chi connectivity index (χ4v) is 3.86. The molecule has 1 aliphatic rings. The lowest BCUT2D eigenvalue weighted by Gasteiger charge is -2.40. The first-order valence-electron chi connectivity index (χ1n) is 10.3. The van der Waals surface area contributed by atoms with Crippen LogP contribution in [0.3, 0.4) is 0 Å². The molecule has 3 N–H and O–H groups in total. The van der Waals surface area contributed by atoms with E-state index in [1.54, 1.807) is 55.7 Å². The molecule has 1 aromatic carbocycles. The number of hydrogen-bond donors (Lipinski definition) is 3. The Labute approximate surface area is 198 Å². The summed E-state index contributed by atoms with van der Waals surface area (Å²) >= 11 is 0. The Morgan fingerprint density at radius 3 is 2.58 bits per heavy atom. The van der Waals surface area contributed by atoms with Gasteiger partial charge in [0.25, 0.3) is 0 Å². The van der Waals surface area contributed by atoms with Gasteiger partial charge >= 0.3 is 0 Å². The van der Waals surface area contributed by atoms with Crippen LogP contribution in [-0.4, -0.2) is 49.5 Å². The van der Waals surface area contributed by atoms with Crippen LogP contribution in [0.4, 0.5) is 21.8 Å². The zero-order valence-electron chi connectivity index (χ0n) is 18.9. The van der Waals surface area contributed by atoms with Gasteiger partial charge in [-0.15, -0.1) is 0 Å². The molecule has 176 valence electrons. The molecule has 0 unspecified atom stereocenters. The van der Waals surface area contributed by atoms with Gasteiger partial charge in [-0.3, -0.25) is 9.48 Å². The SMILES string of the molecule is Cc1nc(NCc2cnn(Cc3ccc(F)cc3)c2)nc2c1NC(=O)[C@H](C(C)(C)O)N2C.S. The smallest absolute Gasteiger partial charge is 0.250 e. The fraction of sp³-hybridized carbons (Fsp3) is 0.364. The van der Waals surface area contributed by atoms with Gasteiger partial charge in [-0.2, -0.15) is 23.6 Å². The number of amides is 1. The van der Waals surface area contributed by atoms with Crippen molar-refractivity contribution < 1.29 is 14.3 Å². The van der Waals surface area contributed by atoms with Crippen molar-refractivity contribution in [2.45, 2.75) is 45.5 Å². The lowest BCUT2D eigenvalue weighted by molar-refractivity contribution is -0.122. The average molecular weight is 474 g/mol. The molecule has 33 heavy (non-hydrogen) atoms. The molecule has 0 spiro atoms. The van der Waals surface area contributed by atoms with E-state index in [1.165, 1.54) is 12.1 Å². The number of nitrogens with one attached hydrogen (secondary N) is 2. The highest BCUT2D eigenvalue weighted by Gasteiger charge is 2.42. The van der Waals surface area contributed by atoms with Gasteiger partial charge in [-0.1, -0.05) is 12.1 Å². The summed E-state index contributed by atoms with van der Waals surface area (Å²) in [6.45, 7) is 5.97. The van der Waals surface area contributed by atoms with Crippen molar-refractivity contribution in [3.8, 4) is 0 Å². The standard InChI is InChI=1S/C22H26FN7O2.H2S/c1-13-17-19(29(4)18(20(31)27-17)22(2,3)32)28-21(26-13)24-9-15-10-25-30(12-15)11-14-5-7-16(23)8-6-14;/h5-8,10,12,18,32H,9,11H2,1-4H3,(H,27,31)(H,24,26,28);1H2/t18-;/m1./s1. The highest BCUT2D eigenvalue weighted by molar-refractivity contribution is 7.59. The highest BCUT2D eigenvalue weighted by Crippen LogP contribution is 2.35. The third-order valence-corrected chi connectivity index (χ3v) is 5.35. The van der Waals surface area contributed by atoms with Gasteiger partial charge in [-0.05, 0) is 38.5 Å². The van der Waals surface area contributed by atoms with E-state index in [0.29, 0.717) is 36.2 Å². The normalized spacial score (nSPS) is 15.5. The van der Waals surface area contributed by atoms with Gasteiger partial charge < -0.3 is 20.6 Å². The molecule has 4 rings (SSSR count). The second kappa shape index (κ2) is 9.36. The number of halogens is 1. The minimum absolute atomic E-state index is 0. The van der Waals surface area contributed by atoms with Crippen LogP contribution < -0.4 is 15.5 Å². The topological polar surface area (TPSA) is 108 Å². The Balaban J connectivity index is 0.00000306. The minimum atomic E-state index is -1.25. The summed E-state index contributed by atoms with van der Waals surface area (Å²) in [5, 5.41) is 20.8. The highest BCUT2D eigenvalue weighted by atomic mass is 32.1. The number of likely N-dealkylation sites (N-methyl/N-ethyl adjacent to an activating group) is 1. The van der Waals surface area contributed by atoms with Crippen LogP contribution in [0.2, 0.25) is 0 Å². The van der Waals surface area contributed by atoms with E-state index in [-0.39, 0.29) is 25.2 Å². The van der Waals surface area contributed by atoms with E-state index >= 15 is 0 Å². The maximum Gasteiger partial charge on any atom is 0.250 e. The fourth-order valence-electron chi connectivity index (χ4n) is 3.86. The third-order valence-electron chi connectivity index (χ3n) is 5.35. The Kier molecular flexibility index (Phi) is 6.94. The second-order valence-electron chi connectivity index (χ2n) is 8.51. The van der Waals surface area contributed by atoms with E-state index in [9.17, 15) is 14.3 Å². The number of carbonyl (C=O) groups is 1. The number of rotatable bonds is 6. The van der Waals surface area contributed by atoms with Gasteiger partial charge in [0.15, 0.2) is 5.82 Å². The number of hydrogen-bond acceptors (Lipinski definition) is 7. The molecule has 0 saturated heterocycles. The van der Waals surface area contributed by atoms with Gasteiger partial charge in [0.05, 0.1) is 24.0 Å². The molecule has 11 heteroatoms. The van der Waals surface area contributed by atoms with Crippen LogP contribution in [0.15, 0.2) is 36.7 Å². The van der Waals surface area contributed by atoms with Crippen LogP contribution in [0.5, 0.6) is 0 Å². The van der Waals surface area contributed by atoms with Crippen molar-refractivity contribution in [2.75, 3.05) is 22.6 Å². The number of nitrogens with zero attached hydrogens (tertiary/aromatic N) is 5. The van der Waals surface area contributed by atoms with Crippen LogP contribution in [0.25, 0.3) is 0 Å². The zero-order valence-corrected chi connectivity index (χ0v) is 19.9. The van der Waals surface area contributed by atoms with Crippen LogP contribution in [-0.2, 0) is 17.9 Å². The molecule has 0 fully saturated rings. The quantitative estimate of drug-likeness (QED) is 0.505.